The number of benzene rings is 2. The van der Waals surface area contributed by atoms with Gasteiger partial charge in [-0.05, 0) is 42.8 Å². The highest BCUT2D eigenvalue weighted by molar-refractivity contribution is 6.31. The monoisotopic (exact) mass is 307 g/mol. The minimum absolute atomic E-state index is 0.0324. The van der Waals surface area contributed by atoms with Gasteiger partial charge in [-0.1, -0.05) is 42.3 Å². The van der Waals surface area contributed by atoms with Crippen LogP contribution in [-0.2, 0) is 0 Å². The zero-order chi connectivity index (χ0) is 14.5. The summed E-state index contributed by atoms with van der Waals surface area (Å²) in [4.78, 5) is 12.5. The molecular formula is C16H15Cl2NO. The molecule has 2 aromatic rings. The summed E-state index contributed by atoms with van der Waals surface area (Å²) < 4.78 is 0. The fourth-order valence-electron chi connectivity index (χ4n) is 1.94. The van der Waals surface area contributed by atoms with Crippen LogP contribution >= 0.6 is 23.2 Å². The topological polar surface area (TPSA) is 29.1 Å². The van der Waals surface area contributed by atoms with Crippen LogP contribution in [-0.4, -0.2) is 11.8 Å². The zero-order valence-corrected chi connectivity index (χ0v) is 12.6. The van der Waals surface area contributed by atoms with Gasteiger partial charge in [0.2, 0.25) is 0 Å². The number of carbonyl (C=O) groups excluding carboxylic acids is 1. The molecule has 2 aromatic carbocycles. The molecule has 0 bridgehead atoms. The van der Waals surface area contributed by atoms with Gasteiger partial charge >= 0.3 is 0 Å². The van der Waals surface area contributed by atoms with E-state index in [1.54, 1.807) is 36.4 Å². The van der Waals surface area contributed by atoms with E-state index in [0.717, 1.165) is 5.69 Å². The van der Waals surface area contributed by atoms with Crippen molar-refractivity contribution in [3.05, 3.63) is 64.1 Å². The van der Waals surface area contributed by atoms with Crippen molar-refractivity contribution < 1.29 is 4.79 Å². The van der Waals surface area contributed by atoms with Gasteiger partial charge in [0.1, 0.15) is 0 Å². The molecule has 0 aliphatic rings. The van der Waals surface area contributed by atoms with Gasteiger partial charge in [-0.2, -0.15) is 0 Å². The molecule has 1 unspecified atom stereocenters. The van der Waals surface area contributed by atoms with Crippen LogP contribution in [0.3, 0.4) is 0 Å². The first-order valence-electron chi connectivity index (χ1n) is 6.42. The van der Waals surface area contributed by atoms with Crippen LogP contribution in [0.25, 0.3) is 0 Å². The predicted molar refractivity (Wildman–Crippen MR) is 84.9 cm³/mol. The van der Waals surface area contributed by atoms with Crippen LogP contribution in [0.2, 0.25) is 10.0 Å². The molecular weight excluding hydrogens is 293 g/mol. The van der Waals surface area contributed by atoms with E-state index in [1.807, 2.05) is 19.1 Å². The van der Waals surface area contributed by atoms with E-state index >= 15 is 0 Å². The first-order valence-corrected chi connectivity index (χ1v) is 7.17. The zero-order valence-electron chi connectivity index (χ0n) is 11.1. The smallest absolute Gasteiger partial charge is 0.185 e. The minimum atomic E-state index is -0.283. The summed E-state index contributed by atoms with van der Waals surface area (Å²) in [5, 5.41) is 4.46. The van der Waals surface area contributed by atoms with Crippen LogP contribution in [0.15, 0.2) is 48.5 Å². The van der Waals surface area contributed by atoms with Crippen LogP contribution < -0.4 is 5.32 Å². The number of Topliss-reactive ketones (excluding diaryl/α,β-unsaturated/α-hetero) is 1. The Morgan fingerprint density at radius 1 is 1.10 bits per heavy atom. The third kappa shape index (κ3) is 3.75. The van der Waals surface area contributed by atoms with Gasteiger partial charge in [0, 0.05) is 21.3 Å². The SMILES string of the molecule is CCC(Nc1ccc(Cl)cc1)C(=O)c1cccc(Cl)c1. The Balaban J connectivity index is 2.15. The third-order valence-corrected chi connectivity index (χ3v) is 3.51. The van der Waals surface area contributed by atoms with Crippen LogP contribution in [0, 0.1) is 0 Å². The molecule has 0 aliphatic heterocycles. The largest absolute Gasteiger partial charge is 0.375 e. The summed E-state index contributed by atoms with van der Waals surface area (Å²) in [5.41, 5.74) is 1.49. The minimum Gasteiger partial charge on any atom is -0.375 e. The molecule has 4 heteroatoms. The van der Waals surface area contributed by atoms with Gasteiger partial charge in [-0.3, -0.25) is 4.79 Å². The molecule has 2 nitrogen and oxygen atoms in total. The second-order valence-electron chi connectivity index (χ2n) is 4.49. The number of nitrogens with one attached hydrogen (secondary N) is 1. The van der Waals surface area contributed by atoms with Crippen LogP contribution in [0.1, 0.15) is 23.7 Å². The highest BCUT2D eigenvalue weighted by Crippen LogP contribution is 2.18. The first-order chi connectivity index (χ1) is 9.60. The quantitative estimate of drug-likeness (QED) is 0.782. The lowest BCUT2D eigenvalue weighted by Crippen LogP contribution is -2.28. The summed E-state index contributed by atoms with van der Waals surface area (Å²) in [6.45, 7) is 1.97. The summed E-state index contributed by atoms with van der Waals surface area (Å²) in [7, 11) is 0. The standard InChI is InChI=1S/C16H15Cl2NO/c1-2-15(19-14-8-6-12(17)7-9-14)16(20)11-4-3-5-13(18)10-11/h3-10,15,19H,2H2,1H3. The van der Waals surface area contributed by atoms with Gasteiger partial charge in [-0.15, -0.1) is 0 Å². The molecule has 104 valence electrons. The van der Waals surface area contributed by atoms with Crippen LogP contribution in [0.4, 0.5) is 5.69 Å². The Bertz CT molecular complexity index is 596. The molecule has 0 heterocycles. The Labute approximate surface area is 128 Å². The molecule has 0 aromatic heterocycles. The summed E-state index contributed by atoms with van der Waals surface area (Å²) in [6, 6.07) is 14.0. The number of rotatable bonds is 5. The normalized spacial score (nSPS) is 11.9. The number of halogens is 2. The van der Waals surface area contributed by atoms with Gasteiger partial charge in [-0.25, -0.2) is 0 Å². The molecule has 2 rings (SSSR count). The molecule has 20 heavy (non-hydrogen) atoms. The fourth-order valence-corrected chi connectivity index (χ4v) is 2.26. The molecule has 0 aliphatic carbocycles. The van der Waals surface area contributed by atoms with Gasteiger partial charge in [0.15, 0.2) is 5.78 Å². The Kier molecular flexibility index (Phi) is 5.05. The maximum atomic E-state index is 12.5. The van der Waals surface area contributed by atoms with E-state index in [-0.39, 0.29) is 11.8 Å². The Morgan fingerprint density at radius 3 is 2.40 bits per heavy atom. The fraction of sp³-hybridized carbons (Fsp3) is 0.188. The molecule has 1 N–H and O–H groups in total. The number of anilines is 1. The van der Waals surface area contributed by atoms with Crippen molar-refractivity contribution in [1.82, 2.24) is 0 Å². The van der Waals surface area contributed by atoms with Crippen molar-refractivity contribution in [2.45, 2.75) is 19.4 Å². The van der Waals surface area contributed by atoms with Crippen molar-refractivity contribution in [3.8, 4) is 0 Å². The molecule has 1 atom stereocenters. The highest BCUT2D eigenvalue weighted by atomic mass is 35.5. The lowest BCUT2D eigenvalue weighted by Gasteiger charge is -2.17. The predicted octanol–water partition coefficient (Wildman–Crippen LogP) is 5.07. The number of ketones is 1. The van der Waals surface area contributed by atoms with E-state index in [1.165, 1.54) is 0 Å². The van der Waals surface area contributed by atoms with E-state index < -0.39 is 0 Å². The second kappa shape index (κ2) is 6.78. The van der Waals surface area contributed by atoms with Gasteiger partial charge in [0.05, 0.1) is 6.04 Å². The van der Waals surface area contributed by atoms with E-state index in [9.17, 15) is 4.79 Å². The number of carbonyl (C=O) groups is 1. The lowest BCUT2D eigenvalue weighted by atomic mass is 10.0. The maximum absolute atomic E-state index is 12.5. The lowest BCUT2D eigenvalue weighted by molar-refractivity contribution is 0.0968. The molecule has 0 fully saturated rings. The average molecular weight is 308 g/mol. The van der Waals surface area contributed by atoms with Gasteiger partial charge in [0.25, 0.3) is 0 Å². The molecule has 0 saturated carbocycles. The highest BCUT2D eigenvalue weighted by Gasteiger charge is 2.18. The van der Waals surface area contributed by atoms with Crippen molar-refractivity contribution in [2.24, 2.45) is 0 Å². The molecule has 0 spiro atoms. The van der Waals surface area contributed by atoms with Crippen molar-refractivity contribution in [3.63, 3.8) is 0 Å². The Hall–Kier alpha value is -1.51. The molecule has 0 amide bonds. The third-order valence-electron chi connectivity index (χ3n) is 3.02. The van der Waals surface area contributed by atoms with Gasteiger partial charge < -0.3 is 5.32 Å². The molecule has 0 saturated heterocycles. The maximum Gasteiger partial charge on any atom is 0.185 e. The van der Waals surface area contributed by atoms with E-state index in [4.69, 9.17) is 23.2 Å². The summed E-state index contributed by atoms with van der Waals surface area (Å²) in [6.07, 6.45) is 0.688. The van der Waals surface area contributed by atoms with Crippen molar-refractivity contribution in [2.75, 3.05) is 5.32 Å². The van der Waals surface area contributed by atoms with E-state index in [0.29, 0.717) is 22.0 Å². The van der Waals surface area contributed by atoms with E-state index in [2.05, 4.69) is 5.32 Å². The van der Waals surface area contributed by atoms with Crippen molar-refractivity contribution >= 4 is 34.7 Å². The van der Waals surface area contributed by atoms with Crippen molar-refractivity contribution in [1.29, 1.82) is 0 Å². The van der Waals surface area contributed by atoms with Crippen LogP contribution in [0.5, 0.6) is 0 Å². The number of hydrogen-bond donors (Lipinski definition) is 1. The second-order valence-corrected chi connectivity index (χ2v) is 5.36. The summed E-state index contributed by atoms with van der Waals surface area (Å²) >= 11 is 11.8. The molecule has 0 radical (unpaired) electrons. The number of hydrogen-bond acceptors (Lipinski definition) is 2. The Morgan fingerprint density at radius 2 is 1.80 bits per heavy atom. The summed E-state index contributed by atoms with van der Waals surface area (Å²) in [5.74, 6) is 0.0324. The first kappa shape index (κ1) is 14.9. The average Bonchev–Trinajstić information content (AvgIpc) is 2.46.